The van der Waals surface area contributed by atoms with Crippen LogP contribution in [-0.4, -0.2) is 58.1 Å². The number of hydrazine groups is 1. The Labute approximate surface area is 209 Å². The summed E-state index contributed by atoms with van der Waals surface area (Å²) in [7, 11) is 0. The molecule has 5 rings (SSSR count). The summed E-state index contributed by atoms with van der Waals surface area (Å²) in [5, 5.41) is 11.4. The second-order valence-electron chi connectivity index (χ2n) is 9.02. The van der Waals surface area contributed by atoms with E-state index in [1.807, 2.05) is 60.5 Å². The minimum Gasteiger partial charge on any atom is -0.312 e. The van der Waals surface area contributed by atoms with Crippen LogP contribution in [0.25, 0.3) is 0 Å². The van der Waals surface area contributed by atoms with Crippen LogP contribution in [0.4, 0.5) is 5.69 Å². The molecule has 1 fully saturated rings. The molecule has 184 valence electrons. The molecule has 4 N–H and O–H groups in total. The van der Waals surface area contributed by atoms with E-state index in [0.717, 1.165) is 42.2 Å². The zero-order chi connectivity index (χ0) is 25.1. The minimum absolute atomic E-state index is 0.257. The number of nitrogens with one attached hydrogen (secondary N) is 2. The van der Waals surface area contributed by atoms with E-state index < -0.39 is 0 Å². The van der Waals surface area contributed by atoms with Gasteiger partial charge in [-0.25, -0.2) is 10.8 Å². The van der Waals surface area contributed by atoms with Gasteiger partial charge in [-0.15, -0.1) is 0 Å². The van der Waals surface area contributed by atoms with E-state index in [1.165, 1.54) is 5.01 Å². The van der Waals surface area contributed by atoms with Gasteiger partial charge in [-0.05, 0) is 42.8 Å². The number of benzene rings is 1. The molecule has 10 heteroatoms. The smallest absolute Gasteiger partial charge is 0.262 e. The predicted molar refractivity (Wildman–Crippen MR) is 140 cm³/mol. The average Bonchev–Trinajstić information content (AvgIpc) is 3.38. The lowest BCUT2D eigenvalue weighted by Crippen LogP contribution is -2.47. The van der Waals surface area contributed by atoms with E-state index in [-0.39, 0.29) is 11.8 Å². The molecule has 3 aliphatic heterocycles. The number of rotatable bonds is 8. The van der Waals surface area contributed by atoms with Crippen molar-refractivity contribution in [2.24, 2.45) is 21.7 Å². The van der Waals surface area contributed by atoms with Gasteiger partial charge in [0.05, 0.1) is 5.69 Å². The molecule has 0 spiro atoms. The zero-order valence-corrected chi connectivity index (χ0v) is 20.1. The van der Waals surface area contributed by atoms with E-state index in [9.17, 15) is 4.79 Å². The normalized spacial score (nSPS) is 17.7. The molecule has 0 atom stereocenters. The number of H-pyrrole nitrogens is 1. The number of aliphatic imine (C=N–C) groups is 2. The fourth-order valence-electron chi connectivity index (χ4n) is 4.21. The highest BCUT2D eigenvalue weighted by atomic mass is 16.2. The highest BCUT2D eigenvalue weighted by Crippen LogP contribution is 2.27. The summed E-state index contributed by atoms with van der Waals surface area (Å²) >= 11 is 0. The van der Waals surface area contributed by atoms with Crippen molar-refractivity contribution in [1.29, 1.82) is 0 Å². The van der Waals surface area contributed by atoms with Gasteiger partial charge in [-0.3, -0.25) is 24.8 Å². The van der Waals surface area contributed by atoms with Crippen molar-refractivity contribution in [2.75, 3.05) is 24.8 Å². The van der Waals surface area contributed by atoms with Crippen molar-refractivity contribution in [1.82, 2.24) is 25.3 Å². The van der Waals surface area contributed by atoms with Crippen LogP contribution in [0.1, 0.15) is 11.3 Å². The van der Waals surface area contributed by atoms with Gasteiger partial charge in [-0.2, -0.15) is 5.10 Å². The number of nitrogens with zero attached hydrogens (tertiary/aromatic N) is 6. The fraction of sp³-hybridized carbons (Fsp3) is 0.231. The lowest BCUT2D eigenvalue weighted by molar-refractivity contribution is -0.116. The van der Waals surface area contributed by atoms with E-state index >= 15 is 0 Å². The first-order valence-corrected chi connectivity index (χ1v) is 11.7. The lowest BCUT2D eigenvalue weighted by Gasteiger charge is -2.39. The molecule has 3 aliphatic rings. The number of fused-ring (bicyclic) bond motifs is 1. The van der Waals surface area contributed by atoms with Crippen molar-refractivity contribution < 1.29 is 4.79 Å². The van der Waals surface area contributed by atoms with Crippen LogP contribution in [0.2, 0.25) is 0 Å². The van der Waals surface area contributed by atoms with Gasteiger partial charge in [0, 0.05) is 56.1 Å². The molecule has 2 aromatic rings. The van der Waals surface area contributed by atoms with Gasteiger partial charge in [-0.1, -0.05) is 24.3 Å². The summed E-state index contributed by atoms with van der Waals surface area (Å²) in [5.41, 5.74) is 4.19. The van der Waals surface area contributed by atoms with Crippen molar-refractivity contribution in [3.8, 4) is 0 Å². The van der Waals surface area contributed by atoms with Crippen LogP contribution >= 0.6 is 0 Å². The van der Waals surface area contributed by atoms with Crippen LogP contribution in [0.15, 0.2) is 94.2 Å². The molecule has 0 radical (unpaired) electrons. The number of allylic oxidation sites excluding steroid dienone is 2. The predicted octanol–water partition coefficient (Wildman–Crippen LogP) is 2.20. The Morgan fingerprint density at radius 1 is 1.31 bits per heavy atom. The third kappa shape index (κ3) is 5.04. The Balaban J connectivity index is 1.35. The van der Waals surface area contributed by atoms with Crippen LogP contribution in [-0.2, 0) is 11.3 Å². The summed E-state index contributed by atoms with van der Waals surface area (Å²) in [6, 6.07) is 9.75. The van der Waals surface area contributed by atoms with Crippen LogP contribution in [0.5, 0.6) is 0 Å². The highest BCUT2D eigenvalue weighted by Gasteiger charge is 2.29. The first kappa shape index (κ1) is 23.5. The first-order chi connectivity index (χ1) is 17.5. The number of aryl methyl sites for hydroxylation is 1. The summed E-state index contributed by atoms with van der Waals surface area (Å²) in [6.45, 7) is 9.26. The molecule has 1 aromatic heterocycles. The van der Waals surface area contributed by atoms with E-state index in [2.05, 4.69) is 37.0 Å². The van der Waals surface area contributed by atoms with Gasteiger partial charge in [0.1, 0.15) is 23.9 Å². The summed E-state index contributed by atoms with van der Waals surface area (Å²) in [5.74, 6) is 7.40. The molecule has 1 saturated heterocycles. The van der Waals surface area contributed by atoms with Crippen LogP contribution in [0, 0.1) is 12.8 Å². The number of nitrogens with two attached hydrogens (primary N) is 1. The third-order valence-electron chi connectivity index (χ3n) is 6.33. The maximum absolute atomic E-state index is 13.4. The Morgan fingerprint density at radius 3 is 2.86 bits per heavy atom. The van der Waals surface area contributed by atoms with Gasteiger partial charge >= 0.3 is 0 Å². The topological polar surface area (TPSA) is 118 Å². The number of amides is 1. The van der Waals surface area contributed by atoms with E-state index in [4.69, 9.17) is 5.84 Å². The van der Waals surface area contributed by atoms with Crippen molar-refractivity contribution in [2.45, 2.75) is 13.5 Å². The Kier molecular flexibility index (Phi) is 6.61. The van der Waals surface area contributed by atoms with E-state index in [1.54, 1.807) is 18.6 Å². The van der Waals surface area contributed by atoms with E-state index in [0.29, 0.717) is 23.9 Å². The maximum Gasteiger partial charge on any atom is 0.262 e. The van der Waals surface area contributed by atoms with Crippen molar-refractivity contribution in [3.05, 3.63) is 95.5 Å². The molecule has 0 unspecified atom stereocenters. The summed E-state index contributed by atoms with van der Waals surface area (Å²) in [4.78, 5) is 26.2. The fourth-order valence-corrected chi connectivity index (χ4v) is 4.21. The number of carbonyl (C=O) groups excluding carboxylic acids is 1. The number of hydrogen-bond donors (Lipinski definition) is 3. The number of carbonyl (C=O) groups is 1. The number of hydrogen-bond acceptors (Lipinski definition) is 8. The monoisotopic (exact) mass is 483 g/mol. The molecule has 4 heterocycles. The first-order valence-electron chi connectivity index (χ1n) is 11.7. The van der Waals surface area contributed by atoms with Crippen molar-refractivity contribution >= 4 is 24.0 Å². The Bertz CT molecular complexity index is 1280. The van der Waals surface area contributed by atoms with Crippen molar-refractivity contribution in [3.63, 3.8) is 0 Å². The molecular weight excluding hydrogens is 454 g/mol. The minimum atomic E-state index is -0.345. The van der Waals surface area contributed by atoms with Gasteiger partial charge in [0.2, 0.25) is 0 Å². The van der Waals surface area contributed by atoms with Crippen LogP contribution in [0.3, 0.4) is 0 Å². The average molecular weight is 484 g/mol. The molecule has 1 amide bonds. The SMILES string of the molecule is C=C(C=C(NC(=O)C1=C2N=CC=CN2CN=C1)N(N)c1ccc(C)cc1)C1CN(Cc2ccn[nH]2)C1. The van der Waals surface area contributed by atoms with Gasteiger partial charge < -0.3 is 10.2 Å². The van der Waals surface area contributed by atoms with Gasteiger partial charge in [0.15, 0.2) is 0 Å². The van der Waals surface area contributed by atoms with Gasteiger partial charge in [0.25, 0.3) is 5.91 Å². The standard InChI is InChI=1S/C26H29N9O/c1-18-4-6-22(7-5-18)35(27)24(12-19(2)20-14-33(15-20)16-21-8-10-30-32-21)31-26(36)23-13-28-17-34-11-3-9-29-25(23)34/h3-13,20H,2,14-17,27H2,1H3,(H,30,32)(H,31,36). The summed E-state index contributed by atoms with van der Waals surface area (Å²) < 4.78 is 0. The largest absolute Gasteiger partial charge is 0.312 e. The molecule has 0 saturated carbocycles. The summed E-state index contributed by atoms with van der Waals surface area (Å²) in [6.07, 6.45) is 10.5. The molecule has 36 heavy (non-hydrogen) atoms. The quantitative estimate of drug-likeness (QED) is 0.301. The third-order valence-corrected chi connectivity index (χ3v) is 6.33. The number of aromatic amines is 1. The molecule has 10 nitrogen and oxygen atoms in total. The number of aromatic nitrogens is 2. The second kappa shape index (κ2) is 10.1. The number of anilines is 1. The second-order valence-corrected chi connectivity index (χ2v) is 9.02. The molecule has 0 aliphatic carbocycles. The molecule has 1 aromatic carbocycles. The molecular formula is C26H29N9O. The Hall–Kier alpha value is -4.28. The highest BCUT2D eigenvalue weighted by molar-refractivity contribution is 6.14. The molecule has 0 bridgehead atoms. The van der Waals surface area contributed by atoms with Crippen LogP contribution < -0.4 is 16.2 Å². The maximum atomic E-state index is 13.4. The lowest BCUT2D eigenvalue weighted by atomic mass is 9.91. The zero-order valence-electron chi connectivity index (χ0n) is 20.1. The number of likely N-dealkylation sites (tertiary alicyclic amines) is 1. The Morgan fingerprint density at radius 2 is 2.11 bits per heavy atom.